The van der Waals surface area contributed by atoms with Crippen LogP contribution in [-0.4, -0.2) is 40.6 Å². The Kier molecular flexibility index (Phi) is 5.55. The number of fused-ring (bicyclic) bond motifs is 1. The van der Waals surface area contributed by atoms with Gasteiger partial charge in [0.05, 0.1) is 24.2 Å². The molecule has 0 bridgehead atoms. The number of sulfonamides is 1. The average Bonchev–Trinajstić information content (AvgIpc) is 2.71. The molecule has 7 nitrogen and oxygen atoms in total. The van der Waals surface area contributed by atoms with Crippen LogP contribution in [0.2, 0.25) is 0 Å². The zero-order valence-corrected chi connectivity index (χ0v) is 16.0. The van der Waals surface area contributed by atoms with Crippen LogP contribution in [0.4, 0.5) is 5.69 Å². The molecule has 0 aromatic heterocycles. The first-order valence-corrected chi connectivity index (χ1v) is 10.1. The lowest BCUT2D eigenvalue weighted by atomic mass is 10.2. The summed E-state index contributed by atoms with van der Waals surface area (Å²) in [6, 6.07) is 12.9. The number of ether oxygens (including phenoxy) is 2. The first-order valence-electron chi connectivity index (χ1n) is 8.67. The maximum atomic E-state index is 13.2. The van der Waals surface area contributed by atoms with Crippen molar-refractivity contribution in [2.75, 3.05) is 24.5 Å². The summed E-state index contributed by atoms with van der Waals surface area (Å²) in [6.45, 7) is 2.35. The summed E-state index contributed by atoms with van der Waals surface area (Å²) in [4.78, 5) is 12.5. The quantitative estimate of drug-likeness (QED) is 0.817. The molecule has 0 fully saturated rings. The fraction of sp³-hybridized carbons (Fsp3) is 0.316. The molecule has 0 aliphatic carbocycles. The molecule has 1 N–H and O–H groups in total. The lowest BCUT2D eigenvalue weighted by Crippen LogP contribution is -2.50. The first-order chi connectivity index (χ1) is 13.0. The van der Waals surface area contributed by atoms with Gasteiger partial charge in [-0.3, -0.25) is 9.10 Å². The van der Waals surface area contributed by atoms with E-state index in [-0.39, 0.29) is 17.3 Å². The van der Waals surface area contributed by atoms with Crippen LogP contribution in [0.1, 0.15) is 13.3 Å². The third kappa shape index (κ3) is 3.85. The van der Waals surface area contributed by atoms with Crippen molar-refractivity contribution in [3.8, 4) is 11.5 Å². The molecule has 0 saturated carbocycles. The van der Waals surface area contributed by atoms with Crippen molar-refractivity contribution in [1.29, 1.82) is 0 Å². The Morgan fingerprint density at radius 1 is 1.22 bits per heavy atom. The van der Waals surface area contributed by atoms with Crippen LogP contribution in [0.25, 0.3) is 0 Å². The fourth-order valence-electron chi connectivity index (χ4n) is 2.80. The molecule has 1 amide bonds. The van der Waals surface area contributed by atoms with Crippen LogP contribution >= 0.6 is 0 Å². The largest absolute Gasteiger partial charge is 0.497 e. The van der Waals surface area contributed by atoms with Crippen molar-refractivity contribution in [1.82, 2.24) is 5.32 Å². The second-order valence-corrected chi connectivity index (χ2v) is 7.94. The monoisotopic (exact) mass is 390 g/mol. The summed E-state index contributed by atoms with van der Waals surface area (Å²) < 4.78 is 38.5. The standard InChI is InChI=1S/C19H22N2O5S/c1-3-12-20-19(22)18-13-21(16-6-4-5-7-17(16)26-18)27(23,24)15-10-8-14(25-2)9-11-15/h4-11,18H,3,12-13H2,1-2H3,(H,20,22). The Balaban J connectivity index is 1.97. The molecule has 27 heavy (non-hydrogen) atoms. The van der Waals surface area contributed by atoms with Gasteiger partial charge in [-0.2, -0.15) is 0 Å². The SMILES string of the molecule is CCCNC(=O)C1CN(S(=O)(=O)c2ccc(OC)cc2)c2ccccc2O1. The number of carbonyl (C=O) groups is 1. The second kappa shape index (κ2) is 7.87. The van der Waals surface area contributed by atoms with E-state index in [0.717, 1.165) is 6.42 Å². The van der Waals surface area contributed by atoms with Crippen LogP contribution in [0.5, 0.6) is 11.5 Å². The molecule has 1 aliphatic heterocycles. The van der Waals surface area contributed by atoms with Gasteiger partial charge in [-0.05, 0) is 42.8 Å². The minimum absolute atomic E-state index is 0.0963. The topological polar surface area (TPSA) is 84.9 Å². The van der Waals surface area contributed by atoms with Crippen LogP contribution in [0.3, 0.4) is 0 Å². The Morgan fingerprint density at radius 2 is 1.93 bits per heavy atom. The van der Waals surface area contributed by atoms with Crippen molar-refractivity contribution in [3.05, 3.63) is 48.5 Å². The number of hydrogen-bond donors (Lipinski definition) is 1. The van der Waals surface area contributed by atoms with Crippen LogP contribution in [0, 0.1) is 0 Å². The lowest BCUT2D eigenvalue weighted by Gasteiger charge is -2.34. The van der Waals surface area contributed by atoms with Crippen molar-refractivity contribution in [2.24, 2.45) is 0 Å². The third-order valence-corrected chi connectivity index (χ3v) is 6.02. The normalized spacial score (nSPS) is 16.2. The van der Waals surface area contributed by atoms with Gasteiger partial charge in [0.25, 0.3) is 15.9 Å². The van der Waals surface area contributed by atoms with Gasteiger partial charge in [-0.1, -0.05) is 19.1 Å². The zero-order valence-electron chi connectivity index (χ0n) is 15.2. The van der Waals surface area contributed by atoms with Crippen molar-refractivity contribution in [3.63, 3.8) is 0 Å². The maximum absolute atomic E-state index is 13.2. The zero-order chi connectivity index (χ0) is 19.4. The van der Waals surface area contributed by atoms with E-state index >= 15 is 0 Å². The van der Waals surface area contributed by atoms with Crippen LogP contribution < -0.4 is 19.1 Å². The van der Waals surface area contributed by atoms with Gasteiger partial charge in [0.2, 0.25) is 0 Å². The number of para-hydroxylation sites is 2. The van der Waals surface area contributed by atoms with Gasteiger partial charge < -0.3 is 14.8 Å². The maximum Gasteiger partial charge on any atom is 0.264 e. The number of nitrogens with one attached hydrogen (secondary N) is 1. The lowest BCUT2D eigenvalue weighted by molar-refractivity contribution is -0.127. The van der Waals surface area contributed by atoms with E-state index in [1.807, 2.05) is 6.92 Å². The predicted molar refractivity (Wildman–Crippen MR) is 102 cm³/mol. The van der Waals surface area contributed by atoms with Crippen molar-refractivity contribution in [2.45, 2.75) is 24.3 Å². The summed E-state index contributed by atoms with van der Waals surface area (Å²) in [7, 11) is -2.35. The molecular weight excluding hydrogens is 368 g/mol. The Bertz CT molecular complexity index is 912. The third-order valence-electron chi connectivity index (χ3n) is 4.22. The Hall–Kier alpha value is -2.74. The highest BCUT2D eigenvalue weighted by Crippen LogP contribution is 2.37. The smallest absolute Gasteiger partial charge is 0.264 e. The van der Waals surface area contributed by atoms with Crippen LogP contribution in [-0.2, 0) is 14.8 Å². The van der Waals surface area contributed by atoms with Gasteiger partial charge in [0.15, 0.2) is 6.10 Å². The highest BCUT2D eigenvalue weighted by atomic mass is 32.2. The minimum Gasteiger partial charge on any atom is -0.497 e. The highest BCUT2D eigenvalue weighted by molar-refractivity contribution is 7.92. The molecule has 1 heterocycles. The fourth-order valence-corrected chi connectivity index (χ4v) is 4.28. The van der Waals surface area contributed by atoms with E-state index in [9.17, 15) is 13.2 Å². The van der Waals surface area contributed by atoms with E-state index in [1.54, 1.807) is 36.4 Å². The van der Waals surface area contributed by atoms with Gasteiger partial charge in [0.1, 0.15) is 11.5 Å². The van der Waals surface area contributed by atoms with Gasteiger partial charge in [0, 0.05) is 6.54 Å². The molecule has 1 atom stereocenters. The van der Waals surface area contributed by atoms with Crippen molar-refractivity contribution < 1.29 is 22.7 Å². The number of anilines is 1. The summed E-state index contributed by atoms with van der Waals surface area (Å²) in [6.07, 6.45) is -0.136. The number of nitrogens with zero attached hydrogens (tertiary/aromatic N) is 1. The number of methoxy groups -OCH3 is 1. The average molecular weight is 390 g/mol. The number of benzene rings is 2. The van der Waals surface area contributed by atoms with Gasteiger partial charge in [-0.15, -0.1) is 0 Å². The molecule has 0 radical (unpaired) electrons. The van der Waals surface area contributed by atoms with E-state index in [4.69, 9.17) is 9.47 Å². The second-order valence-electron chi connectivity index (χ2n) is 6.08. The molecule has 1 aliphatic rings. The Labute approximate surface area is 158 Å². The number of hydrogen-bond acceptors (Lipinski definition) is 5. The summed E-state index contributed by atoms with van der Waals surface area (Å²) >= 11 is 0. The first kappa shape index (κ1) is 19.0. The van der Waals surface area contributed by atoms with Gasteiger partial charge >= 0.3 is 0 Å². The van der Waals surface area contributed by atoms with Crippen LogP contribution in [0.15, 0.2) is 53.4 Å². The predicted octanol–water partition coefficient (Wildman–Crippen LogP) is 2.18. The minimum atomic E-state index is -3.87. The molecule has 144 valence electrons. The molecule has 3 rings (SSSR count). The van der Waals surface area contributed by atoms with E-state index in [0.29, 0.717) is 23.7 Å². The highest BCUT2D eigenvalue weighted by Gasteiger charge is 2.37. The molecule has 0 saturated heterocycles. The summed E-state index contributed by atoms with van der Waals surface area (Å²) in [5.41, 5.74) is 0.410. The summed E-state index contributed by atoms with van der Waals surface area (Å²) in [5, 5.41) is 2.76. The van der Waals surface area contributed by atoms with E-state index < -0.39 is 16.1 Å². The number of carbonyl (C=O) groups excluding carboxylic acids is 1. The molecule has 2 aromatic rings. The molecule has 0 spiro atoms. The van der Waals surface area contributed by atoms with Crippen molar-refractivity contribution >= 4 is 21.6 Å². The molecule has 8 heteroatoms. The number of rotatable bonds is 6. The molecule has 1 unspecified atom stereocenters. The Morgan fingerprint density at radius 3 is 2.59 bits per heavy atom. The molecular formula is C19H22N2O5S. The van der Waals surface area contributed by atoms with E-state index in [1.165, 1.54) is 23.5 Å². The number of amides is 1. The van der Waals surface area contributed by atoms with Gasteiger partial charge in [-0.25, -0.2) is 8.42 Å². The molecule has 2 aromatic carbocycles. The summed E-state index contributed by atoms with van der Waals surface area (Å²) in [5.74, 6) is 0.590. The van der Waals surface area contributed by atoms with E-state index in [2.05, 4.69) is 5.32 Å².